The number of hydrazine groups is 1. The molecule has 0 heterocycles. The molecule has 0 spiro atoms. The van der Waals surface area contributed by atoms with E-state index in [0.717, 1.165) is 12.0 Å². The van der Waals surface area contributed by atoms with Crippen LogP contribution in [0.4, 0.5) is 4.39 Å². The fraction of sp³-hybridized carbons (Fsp3) is 0.455. The first-order chi connectivity index (χ1) is 7.67. The van der Waals surface area contributed by atoms with E-state index >= 15 is 0 Å². The average Bonchev–Trinajstić information content (AvgIpc) is 2.23. The lowest BCUT2D eigenvalue weighted by Crippen LogP contribution is -2.31. The maximum absolute atomic E-state index is 13.2. The molecular formula is C11H16BrFN2O. The molecule has 0 fully saturated rings. The molecule has 0 aliphatic heterocycles. The Bertz CT molecular complexity index is 316. The van der Waals surface area contributed by atoms with Gasteiger partial charge < -0.3 is 4.74 Å². The summed E-state index contributed by atoms with van der Waals surface area (Å²) in [5, 5.41) is 0. The normalized spacial score (nSPS) is 12.8. The summed E-state index contributed by atoms with van der Waals surface area (Å²) in [7, 11) is 0. The zero-order valence-electron chi connectivity index (χ0n) is 9.17. The molecule has 3 nitrogen and oxygen atoms in total. The van der Waals surface area contributed by atoms with Crippen LogP contribution in [0.25, 0.3) is 0 Å². The summed E-state index contributed by atoms with van der Waals surface area (Å²) in [6.45, 7) is 3.14. The van der Waals surface area contributed by atoms with Gasteiger partial charge in [0.25, 0.3) is 0 Å². The quantitative estimate of drug-likeness (QED) is 0.481. The van der Waals surface area contributed by atoms with Crippen molar-refractivity contribution < 1.29 is 9.13 Å². The predicted molar refractivity (Wildman–Crippen MR) is 65.3 cm³/mol. The number of nitrogens with one attached hydrogen (secondary N) is 1. The lowest BCUT2D eigenvalue weighted by atomic mass is 10.1. The van der Waals surface area contributed by atoms with Gasteiger partial charge in [0.15, 0.2) is 0 Å². The Kier molecular flexibility index (Phi) is 5.90. The second-order valence-corrected chi connectivity index (χ2v) is 4.41. The van der Waals surface area contributed by atoms with Crippen molar-refractivity contribution in [1.82, 2.24) is 5.43 Å². The Morgan fingerprint density at radius 2 is 2.25 bits per heavy atom. The molecule has 1 aromatic carbocycles. The van der Waals surface area contributed by atoms with Crippen LogP contribution in [0, 0.1) is 5.82 Å². The van der Waals surface area contributed by atoms with E-state index in [0.29, 0.717) is 17.7 Å². The van der Waals surface area contributed by atoms with Gasteiger partial charge in [-0.25, -0.2) is 4.39 Å². The van der Waals surface area contributed by atoms with Crippen molar-refractivity contribution in [1.29, 1.82) is 0 Å². The molecule has 1 rings (SSSR count). The Balaban J connectivity index is 2.70. The van der Waals surface area contributed by atoms with Crippen LogP contribution in [-0.2, 0) is 4.74 Å². The van der Waals surface area contributed by atoms with Crippen LogP contribution in [0.3, 0.4) is 0 Å². The first-order valence-electron chi connectivity index (χ1n) is 5.17. The minimum Gasteiger partial charge on any atom is -0.379 e. The predicted octanol–water partition coefficient (Wildman–Crippen LogP) is 2.52. The highest BCUT2D eigenvalue weighted by atomic mass is 79.9. The van der Waals surface area contributed by atoms with Crippen LogP contribution in [0.1, 0.15) is 24.9 Å². The third-order valence-electron chi connectivity index (χ3n) is 2.12. The molecule has 0 aliphatic rings. The van der Waals surface area contributed by atoms with Crippen LogP contribution in [0.2, 0.25) is 0 Å². The number of hydrogen-bond donors (Lipinski definition) is 2. The number of hydrogen-bond acceptors (Lipinski definition) is 3. The van der Waals surface area contributed by atoms with Crippen LogP contribution in [0.15, 0.2) is 22.7 Å². The Morgan fingerprint density at radius 3 is 2.81 bits per heavy atom. The lowest BCUT2D eigenvalue weighted by Gasteiger charge is -2.16. The molecule has 1 unspecified atom stereocenters. The maximum atomic E-state index is 13.2. The van der Waals surface area contributed by atoms with Gasteiger partial charge in [0, 0.05) is 11.1 Å². The number of halogens is 2. The topological polar surface area (TPSA) is 47.3 Å². The zero-order valence-corrected chi connectivity index (χ0v) is 10.8. The minimum atomic E-state index is -0.292. The fourth-order valence-corrected chi connectivity index (χ4v) is 1.85. The number of nitrogens with two attached hydrogens (primary N) is 1. The van der Waals surface area contributed by atoms with Gasteiger partial charge >= 0.3 is 0 Å². The third-order valence-corrected chi connectivity index (χ3v) is 2.58. The summed E-state index contributed by atoms with van der Waals surface area (Å²) in [6.07, 6.45) is 0.949. The molecule has 1 atom stereocenters. The van der Waals surface area contributed by atoms with Gasteiger partial charge in [-0.15, -0.1) is 0 Å². The highest BCUT2D eigenvalue weighted by molar-refractivity contribution is 9.10. The van der Waals surface area contributed by atoms with Crippen molar-refractivity contribution in [3.63, 3.8) is 0 Å². The van der Waals surface area contributed by atoms with Gasteiger partial charge in [-0.1, -0.05) is 22.9 Å². The first-order valence-corrected chi connectivity index (χ1v) is 5.96. The van der Waals surface area contributed by atoms with Gasteiger partial charge in [0.05, 0.1) is 12.6 Å². The Hall–Kier alpha value is -0.490. The van der Waals surface area contributed by atoms with Gasteiger partial charge in [-0.3, -0.25) is 11.3 Å². The molecular weight excluding hydrogens is 275 g/mol. The molecule has 16 heavy (non-hydrogen) atoms. The highest BCUT2D eigenvalue weighted by Crippen LogP contribution is 2.20. The molecule has 0 aromatic heterocycles. The van der Waals surface area contributed by atoms with Gasteiger partial charge in [-0.2, -0.15) is 0 Å². The Morgan fingerprint density at radius 1 is 1.50 bits per heavy atom. The van der Waals surface area contributed by atoms with Crippen molar-refractivity contribution in [2.45, 2.75) is 19.4 Å². The van der Waals surface area contributed by atoms with E-state index < -0.39 is 0 Å². The van der Waals surface area contributed by atoms with E-state index in [-0.39, 0.29) is 11.9 Å². The number of ether oxygens (including phenoxy) is 1. The highest BCUT2D eigenvalue weighted by Gasteiger charge is 2.11. The number of benzene rings is 1. The molecule has 0 saturated carbocycles. The summed E-state index contributed by atoms with van der Waals surface area (Å²) in [6, 6.07) is 4.48. The van der Waals surface area contributed by atoms with Crippen molar-refractivity contribution in [2.24, 2.45) is 5.84 Å². The third kappa shape index (κ3) is 4.17. The molecule has 0 saturated heterocycles. The molecule has 90 valence electrons. The van der Waals surface area contributed by atoms with Crippen LogP contribution in [-0.4, -0.2) is 13.2 Å². The summed E-state index contributed by atoms with van der Waals surface area (Å²) in [5.41, 5.74) is 3.39. The van der Waals surface area contributed by atoms with E-state index in [1.54, 1.807) is 0 Å². The van der Waals surface area contributed by atoms with E-state index in [9.17, 15) is 4.39 Å². The first kappa shape index (κ1) is 13.6. The van der Waals surface area contributed by atoms with Crippen LogP contribution >= 0.6 is 15.9 Å². The zero-order chi connectivity index (χ0) is 12.0. The molecule has 3 N–H and O–H groups in total. The van der Waals surface area contributed by atoms with Gasteiger partial charge in [0.2, 0.25) is 0 Å². The lowest BCUT2D eigenvalue weighted by molar-refractivity contribution is 0.112. The van der Waals surface area contributed by atoms with E-state index in [2.05, 4.69) is 21.4 Å². The Labute approximate surface area is 103 Å². The van der Waals surface area contributed by atoms with Crippen LogP contribution in [0.5, 0.6) is 0 Å². The van der Waals surface area contributed by atoms with Gasteiger partial charge in [-0.05, 0) is 30.2 Å². The SMILES string of the molecule is CCCOCC(NN)c1cc(F)cc(Br)c1. The molecule has 0 radical (unpaired) electrons. The van der Waals surface area contributed by atoms with Crippen molar-refractivity contribution in [2.75, 3.05) is 13.2 Å². The summed E-state index contributed by atoms with van der Waals surface area (Å²) < 4.78 is 19.3. The van der Waals surface area contributed by atoms with Crippen molar-refractivity contribution in [3.8, 4) is 0 Å². The van der Waals surface area contributed by atoms with E-state index in [1.807, 2.05) is 13.0 Å². The molecule has 0 bridgehead atoms. The number of rotatable bonds is 6. The monoisotopic (exact) mass is 290 g/mol. The largest absolute Gasteiger partial charge is 0.379 e. The van der Waals surface area contributed by atoms with Crippen molar-refractivity contribution >= 4 is 15.9 Å². The second kappa shape index (κ2) is 6.96. The maximum Gasteiger partial charge on any atom is 0.124 e. The molecule has 1 aromatic rings. The van der Waals surface area contributed by atoms with Crippen molar-refractivity contribution in [3.05, 3.63) is 34.1 Å². The minimum absolute atomic E-state index is 0.196. The summed E-state index contributed by atoms with van der Waals surface area (Å²) in [4.78, 5) is 0. The summed E-state index contributed by atoms with van der Waals surface area (Å²) in [5.74, 6) is 5.13. The smallest absolute Gasteiger partial charge is 0.124 e. The molecule has 0 amide bonds. The van der Waals surface area contributed by atoms with Crippen LogP contribution < -0.4 is 11.3 Å². The average molecular weight is 291 g/mol. The standard InChI is InChI=1S/C11H16BrFN2O/c1-2-3-16-7-11(15-14)8-4-9(12)6-10(13)5-8/h4-6,11,15H,2-3,7,14H2,1H3. The van der Waals surface area contributed by atoms with E-state index in [4.69, 9.17) is 10.6 Å². The fourth-order valence-electron chi connectivity index (χ4n) is 1.36. The summed E-state index contributed by atoms with van der Waals surface area (Å²) >= 11 is 3.24. The van der Waals surface area contributed by atoms with E-state index in [1.165, 1.54) is 12.1 Å². The molecule has 5 heteroatoms. The molecule has 0 aliphatic carbocycles. The van der Waals surface area contributed by atoms with Gasteiger partial charge in [0.1, 0.15) is 5.82 Å². The second-order valence-electron chi connectivity index (χ2n) is 3.50.